The second-order valence-corrected chi connectivity index (χ2v) is 5.52. The molecule has 106 valence electrons. The van der Waals surface area contributed by atoms with Crippen LogP contribution in [0.2, 0.25) is 0 Å². The van der Waals surface area contributed by atoms with E-state index in [2.05, 4.69) is 10.6 Å². The van der Waals surface area contributed by atoms with Gasteiger partial charge in [0.05, 0.1) is 5.92 Å². The van der Waals surface area contributed by atoms with E-state index in [1.807, 2.05) is 12.2 Å². The average Bonchev–Trinajstić information content (AvgIpc) is 2.40. The summed E-state index contributed by atoms with van der Waals surface area (Å²) < 4.78 is 0. The highest BCUT2D eigenvalue weighted by atomic mass is 16.2. The minimum Gasteiger partial charge on any atom is -0.369 e. The first kappa shape index (κ1) is 14.1. The lowest BCUT2D eigenvalue weighted by molar-refractivity contribution is -0.125. The minimum atomic E-state index is -0.323. The molecule has 19 heavy (non-hydrogen) atoms. The molecule has 2 rings (SSSR count). The number of amides is 2. The van der Waals surface area contributed by atoms with Gasteiger partial charge in [-0.15, -0.1) is 0 Å². The molecule has 2 unspecified atom stereocenters. The molecule has 1 heterocycles. The van der Waals surface area contributed by atoms with Crippen molar-refractivity contribution in [1.29, 1.82) is 0 Å². The third kappa shape index (κ3) is 4.06. The number of carbonyl (C=O) groups excluding carboxylic acids is 2. The first-order chi connectivity index (χ1) is 9.16. The molecule has 2 atom stereocenters. The number of hydrogen-bond acceptors (Lipinski definition) is 3. The third-order valence-electron chi connectivity index (χ3n) is 4.08. The van der Waals surface area contributed by atoms with E-state index in [0.29, 0.717) is 25.2 Å². The fraction of sp³-hybridized carbons (Fsp3) is 0.714. The van der Waals surface area contributed by atoms with Gasteiger partial charge in [0.2, 0.25) is 11.8 Å². The van der Waals surface area contributed by atoms with Crippen LogP contribution in [-0.4, -0.2) is 30.9 Å². The Kier molecular flexibility index (Phi) is 4.96. The molecule has 0 bridgehead atoms. The molecule has 5 nitrogen and oxygen atoms in total. The van der Waals surface area contributed by atoms with Gasteiger partial charge in [0, 0.05) is 12.5 Å². The van der Waals surface area contributed by atoms with Gasteiger partial charge in [0.1, 0.15) is 0 Å². The van der Waals surface area contributed by atoms with Gasteiger partial charge in [-0.25, -0.2) is 0 Å². The van der Waals surface area contributed by atoms with Crippen molar-refractivity contribution in [2.75, 3.05) is 13.1 Å². The first-order valence-corrected chi connectivity index (χ1v) is 7.11. The number of allylic oxidation sites excluding steroid dienone is 1. The highest BCUT2D eigenvalue weighted by molar-refractivity contribution is 5.81. The number of hydrogen-bond donors (Lipinski definition) is 3. The summed E-state index contributed by atoms with van der Waals surface area (Å²) in [6.07, 6.45) is 7.97. The van der Waals surface area contributed by atoms with E-state index in [-0.39, 0.29) is 23.8 Å². The summed E-state index contributed by atoms with van der Waals surface area (Å²) in [7, 11) is 0. The smallest absolute Gasteiger partial charge is 0.222 e. The van der Waals surface area contributed by atoms with E-state index in [1.165, 1.54) is 0 Å². The molecule has 5 heteroatoms. The van der Waals surface area contributed by atoms with Gasteiger partial charge in [0.25, 0.3) is 0 Å². The Morgan fingerprint density at radius 2 is 1.89 bits per heavy atom. The number of piperidine rings is 1. The van der Waals surface area contributed by atoms with Crippen LogP contribution in [0.5, 0.6) is 0 Å². The lowest BCUT2D eigenvalue weighted by Crippen LogP contribution is -2.46. The highest BCUT2D eigenvalue weighted by Crippen LogP contribution is 2.20. The monoisotopic (exact) mass is 265 g/mol. The summed E-state index contributed by atoms with van der Waals surface area (Å²) in [6, 6.07) is -0.128. The molecule has 1 fully saturated rings. The maximum atomic E-state index is 12.0. The molecule has 4 N–H and O–H groups in total. The molecule has 0 aromatic rings. The van der Waals surface area contributed by atoms with Crippen molar-refractivity contribution in [1.82, 2.24) is 10.6 Å². The summed E-state index contributed by atoms with van der Waals surface area (Å²) in [5, 5.41) is 6.28. The van der Waals surface area contributed by atoms with Gasteiger partial charge < -0.3 is 16.4 Å². The Morgan fingerprint density at radius 3 is 2.58 bits per heavy atom. The van der Waals surface area contributed by atoms with Crippen LogP contribution in [-0.2, 0) is 9.59 Å². The highest BCUT2D eigenvalue weighted by Gasteiger charge is 2.29. The molecule has 1 aliphatic carbocycles. The van der Waals surface area contributed by atoms with E-state index in [0.717, 1.165) is 25.9 Å². The van der Waals surface area contributed by atoms with Crippen LogP contribution in [0.15, 0.2) is 12.2 Å². The van der Waals surface area contributed by atoms with E-state index in [4.69, 9.17) is 5.73 Å². The lowest BCUT2D eigenvalue weighted by atomic mass is 9.87. The minimum absolute atomic E-state index is 0.0541. The first-order valence-electron chi connectivity index (χ1n) is 7.11. The predicted octanol–water partition coefficient (Wildman–Crippen LogP) is 0.312. The molecule has 0 aromatic heterocycles. The maximum absolute atomic E-state index is 12.0. The van der Waals surface area contributed by atoms with Gasteiger partial charge in [-0.2, -0.15) is 0 Å². The second kappa shape index (κ2) is 6.70. The summed E-state index contributed by atoms with van der Waals surface area (Å²) in [4.78, 5) is 23.4. The Hall–Kier alpha value is -1.36. The van der Waals surface area contributed by atoms with Gasteiger partial charge in [-0.1, -0.05) is 12.2 Å². The van der Waals surface area contributed by atoms with Crippen molar-refractivity contribution in [3.05, 3.63) is 12.2 Å². The average molecular weight is 265 g/mol. The number of primary amides is 1. The number of rotatable bonds is 4. The van der Waals surface area contributed by atoms with Crippen LogP contribution in [0, 0.1) is 11.8 Å². The molecule has 0 saturated carbocycles. The van der Waals surface area contributed by atoms with Crippen LogP contribution < -0.4 is 16.4 Å². The van der Waals surface area contributed by atoms with Crippen LogP contribution in [0.25, 0.3) is 0 Å². The number of nitrogens with one attached hydrogen (secondary N) is 2. The molecule has 1 aliphatic heterocycles. The number of carbonyl (C=O) groups is 2. The van der Waals surface area contributed by atoms with Crippen LogP contribution >= 0.6 is 0 Å². The lowest BCUT2D eigenvalue weighted by Gasteiger charge is -2.28. The standard InChI is InChI=1S/C14H23N3O2/c15-14(19)11-3-1-2-4-12(11)17-13(18)9-10-5-7-16-8-6-10/h1-2,10-12,16H,3-9H2,(H2,15,19)(H,17,18). The molecular formula is C14H23N3O2. The summed E-state index contributed by atoms with van der Waals surface area (Å²) in [6.45, 7) is 1.99. The second-order valence-electron chi connectivity index (χ2n) is 5.52. The van der Waals surface area contributed by atoms with E-state index >= 15 is 0 Å². The molecule has 2 amide bonds. The predicted molar refractivity (Wildman–Crippen MR) is 73.2 cm³/mol. The van der Waals surface area contributed by atoms with Gasteiger partial charge in [0.15, 0.2) is 0 Å². The molecule has 0 radical (unpaired) electrons. The molecule has 0 aromatic carbocycles. The zero-order valence-electron chi connectivity index (χ0n) is 11.2. The quantitative estimate of drug-likeness (QED) is 0.640. The van der Waals surface area contributed by atoms with Crippen LogP contribution in [0.4, 0.5) is 0 Å². The SMILES string of the molecule is NC(=O)C1CC=CCC1NC(=O)CC1CCNCC1. The Morgan fingerprint density at radius 1 is 1.21 bits per heavy atom. The number of nitrogens with two attached hydrogens (primary N) is 1. The van der Waals surface area contributed by atoms with Gasteiger partial charge in [-0.3, -0.25) is 9.59 Å². The van der Waals surface area contributed by atoms with Crippen molar-refractivity contribution in [3.63, 3.8) is 0 Å². The van der Waals surface area contributed by atoms with E-state index < -0.39 is 0 Å². The van der Waals surface area contributed by atoms with Crippen LogP contribution in [0.3, 0.4) is 0 Å². The summed E-state index contributed by atoms with van der Waals surface area (Å²) >= 11 is 0. The molecule has 0 spiro atoms. The maximum Gasteiger partial charge on any atom is 0.222 e. The molecule has 2 aliphatic rings. The van der Waals surface area contributed by atoms with Crippen molar-refractivity contribution in [2.24, 2.45) is 17.6 Å². The molecular weight excluding hydrogens is 242 g/mol. The van der Waals surface area contributed by atoms with Crippen molar-refractivity contribution < 1.29 is 9.59 Å². The Bertz CT molecular complexity index is 362. The van der Waals surface area contributed by atoms with Crippen molar-refractivity contribution in [3.8, 4) is 0 Å². The fourth-order valence-electron chi connectivity index (χ4n) is 2.90. The largest absolute Gasteiger partial charge is 0.369 e. The zero-order valence-corrected chi connectivity index (χ0v) is 11.2. The zero-order chi connectivity index (χ0) is 13.7. The van der Waals surface area contributed by atoms with E-state index in [9.17, 15) is 9.59 Å². The third-order valence-corrected chi connectivity index (χ3v) is 4.08. The molecule has 1 saturated heterocycles. The van der Waals surface area contributed by atoms with Crippen LogP contribution in [0.1, 0.15) is 32.1 Å². The topological polar surface area (TPSA) is 84.2 Å². The van der Waals surface area contributed by atoms with Gasteiger partial charge >= 0.3 is 0 Å². The Labute approximate surface area is 114 Å². The van der Waals surface area contributed by atoms with Crippen molar-refractivity contribution >= 4 is 11.8 Å². The van der Waals surface area contributed by atoms with E-state index in [1.54, 1.807) is 0 Å². The summed E-state index contributed by atoms with van der Waals surface area (Å²) in [5.74, 6) is -0.0654. The van der Waals surface area contributed by atoms with Crippen molar-refractivity contribution in [2.45, 2.75) is 38.1 Å². The Balaban J connectivity index is 1.83. The fourth-order valence-corrected chi connectivity index (χ4v) is 2.90. The summed E-state index contributed by atoms with van der Waals surface area (Å²) in [5.41, 5.74) is 5.39. The van der Waals surface area contributed by atoms with Gasteiger partial charge in [-0.05, 0) is 44.7 Å². The normalized spacial score (nSPS) is 28.0.